The van der Waals surface area contributed by atoms with Gasteiger partial charge in [0.1, 0.15) is 0 Å². The van der Waals surface area contributed by atoms with Crippen LogP contribution in [0.4, 0.5) is 0 Å². The lowest BCUT2D eigenvalue weighted by atomic mass is 9.80. The minimum absolute atomic E-state index is 0.308. The van der Waals surface area contributed by atoms with E-state index in [9.17, 15) is 4.79 Å². The van der Waals surface area contributed by atoms with E-state index in [1.54, 1.807) is 11.3 Å². The standard InChI is InChI=1S/C14H21NO2S/c1-4-10-6-5-7-11(8-10)13-15-12(9(2)18-13)14(16)17-3/h10-11H,4-8H2,1-3H3. The van der Waals surface area contributed by atoms with E-state index in [0.717, 1.165) is 15.8 Å². The molecule has 2 rings (SSSR count). The Kier molecular flexibility index (Phi) is 4.38. The van der Waals surface area contributed by atoms with Crippen LogP contribution in [-0.2, 0) is 4.74 Å². The SMILES string of the molecule is CCC1CCCC(c2nc(C(=O)OC)c(C)s2)C1. The Hall–Kier alpha value is -0.900. The minimum atomic E-state index is -0.308. The molecule has 1 aliphatic carbocycles. The summed E-state index contributed by atoms with van der Waals surface area (Å²) in [6.45, 7) is 4.22. The van der Waals surface area contributed by atoms with E-state index < -0.39 is 0 Å². The molecule has 18 heavy (non-hydrogen) atoms. The van der Waals surface area contributed by atoms with Crippen molar-refractivity contribution in [2.75, 3.05) is 7.11 Å². The molecule has 2 atom stereocenters. The molecule has 100 valence electrons. The van der Waals surface area contributed by atoms with Crippen LogP contribution in [0.1, 0.15) is 65.3 Å². The van der Waals surface area contributed by atoms with E-state index in [1.807, 2.05) is 6.92 Å². The Bertz CT molecular complexity index is 427. The van der Waals surface area contributed by atoms with Gasteiger partial charge in [0.25, 0.3) is 0 Å². The van der Waals surface area contributed by atoms with Crippen molar-refractivity contribution in [2.45, 2.75) is 51.9 Å². The highest BCUT2D eigenvalue weighted by Gasteiger charge is 2.26. The third-order valence-electron chi connectivity index (χ3n) is 3.90. The van der Waals surface area contributed by atoms with Gasteiger partial charge in [-0.2, -0.15) is 0 Å². The molecule has 1 aromatic rings. The van der Waals surface area contributed by atoms with Crippen LogP contribution in [0.25, 0.3) is 0 Å². The second-order valence-corrected chi connectivity index (χ2v) is 6.32. The molecule has 0 aromatic carbocycles. The zero-order chi connectivity index (χ0) is 13.1. The minimum Gasteiger partial charge on any atom is -0.464 e. The molecule has 0 radical (unpaired) electrons. The van der Waals surface area contributed by atoms with Crippen LogP contribution in [0.2, 0.25) is 0 Å². The molecule has 1 saturated carbocycles. The molecule has 0 aliphatic heterocycles. The number of aromatic nitrogens is 1. The van der Waals surface area contributed by atoms with Crippen molar-refractivity contribution in [1.82, 2.24) is 4.98 Å². The van der Waals surface area contributed by atoms with E-state index in [-0.39, 0.29) is 5.97 Å². The van der Waals surface area contributed by atoms with Crippen molar-refractivity contribution in [1.29, 1.82) is 0 Å². The zero-order valence-electron chi connectivity index (χ0n) is 11.4. The van der Waals surface area contributed by atoms with E-state index in [2.05, 4.69) is 11.9 Å². The second kappa shape index (κ2) is 5.83. The smallest absolute Gasteiger partial charge is 0.357 e. The summed E-state index contributed by atoms with van der Waals surface area (Å²) in [5.41, 5.74) is 0.510. The highest BCUT2D eigenvalue weighted by atomic mass is 32.1. The summed E-state index contributed by atoms with van der Waals surface area (Å²) in [5, 5.41) is 1.13. The third-order valence-corrected chi connectivity index (χ3v) is 5.03. The molecule has 4 heteroatoms. The third kappa shape index (κ3) is 2.74. The Morgan fingerprint density at radius 3 is 2.94 bits per heavy atom. The predicted molar refractivity (Wildman–Crippen MR) is 73.2 cm³/mol. The maximum Gasteiger partial charge on any atom is 0.357 e. The van der Waals surface area contributed by atoms with Crippen LogP contribution < -0.4 is 0 Å². The van der Waals surface area contributed by atoms with Crippen LogP contribution in [0.3, 0.4) is 0 Å². The summed E-state index contributed by atoms with van der Waals surface area (Å²) in [7, 11) is 1.41. The number of thiazole rings is 1. The molecular weight excluding hydrogens is 246 g/mol. The van der Waals surface area contributed by atoms with Gasteiger partial charge >= 0.3 is 5.97 Å². The van der Waals surface area contributed by atoms with Gasteiger partial charge in [-0.1, -0.05) is 26.2 Å². The summed E-state index contributed by atoms with van der Waals surface area (Å²) in [6, 6.07) is 0. The number of carbonyl (C=O) groups excluding carboxylic acids is 1. The van der Waals surface area contributed by atoms with Gasteiger partial charge in [0.05, 0.1) is 12.1 Å². The van der Waals surface area contributed by atoms with Gasteiger partial charge in [-0.25, -0.2) is 9.78 Å². The molecule has 0 saturated heterocycles. The monoisotopic (exact) mass is 267 g/mol. The average molecular weight is 267 g/mol. The molecule has 1 fully saturated rings. The van der Waals surface area contributed by atoms with Crippen LogP contribution in [0, 0.1) is 12.8 Å². The van der Waals surface area contributed by atoms with Crippen LogP contribution in [0.15, 0.2) is 0 Å². The van der Waals surface area contributed by atoms with Gasteiger partial charge in [-0.3, -0.25) is 0 Å². The Balaban J connectivity index is 2.16. The number of nitrogens with zero attached hydrogens (tertiary/aromatic N) is 1. The van der Waals surface area contributed by atoms with Crippen LogP contribution in [0.5, 0.6) is 0 Å². The molecule has 0 bridgehead atoms. The fourth-order valence-electron chi connectivity index (χ4n) is 2.76. The molecular formula is C14H21NO2S. The van der Waals surface area contributed by atoms with E-state index in [1.165, 1.54) is 39.2 Å². The number of methoxy groups -OCH3 is 1. The largest absolute Gasteiger partial charge is 0.464 e. The van der Waals surface area contributed by atoms with E-state index >= 15 is 0 Å². The molecule has 0 amide bonds. The molecule has 0 spiro atoms. The van der Waals surface area contributed by atoms with E-state index in [4.69, 9.17) is 4.74 Å². The Morgan fingerprint density at radius 1 is 1.50 bits per heavy atom. The summed E-state index contributed by atoms with van der Waals surface area (Å²) in [5.74, 6) is 1.07. The fourth-order valence-corrected chi connectivity index (χ4v) is 3.82. The van der Waals surface area contributed by atoms with Gasteiger partial charge in [0.2, 0.25) is 0 Å². The summed E-state index contributed by atoms with van der Waals surface area (Å²) >= 11 is 1.67. The van der Waals surface area contributed by atoms with Crippen molar-refractivity contribution < 1.29 is 9.53 Å². The maximum absolute atomic E-state index is 11.6. The quantitative estimate of drug-likeness (QED) is 0.779. The van der Waals surface area contributed by atoms with Crippen LogP contribution in [-0.4, -0.2) is 18.1 Å². The van der Waals surface area contributed by atoms with Crippen molar-refractivity contribution >= 4 is 17.3 Å². The van der Waals surface area contributed by atoms with Crippen molar-refractivity contribution in [3.05, 3.63) is 15.6 Å². The number of rotatable bonds is 3. The van der Waals surface area contributed by atoms with Gasteiger partial charge in [-0.15, -0.1) is 11.3 Å². The highest BCUT2D eigenvalue weighted by Crippen LogP contribution is 2.39. The molecule has 2 unspecified atom stereocenters. The maximum atomic E-state index is 11.6. The number of ether oxygens (including phenoxy) is 1. The molecule has 1 aliphatic rings. The van der Waals surface area contributed by atoms with E-state index in [0.29, 0.717) is 11.6 Å². The molecule has 1 heterocycles. The fraction of sp³-hybridized carbons (Fsp3) is 0.714. The highest BCUT2D eigenvalue weighted by molar-refractivity contribution is 7.12. The van der Waals surface area contributed by atoms with Gasteiger partial charge in [-0.05, 0) is 25.7 Å². The second-order valence-electron chi connectivity index (χ2n) is 5.09. The van der Waals surface area contributed by atoms with Crippen LogP contribution >= 0.6 is 11.3 Å². The first-order chi connectivity index (χ1) is 8.65. The lowest BCUT2D eigenvalue weighted by Gasteiger charge is -2.26. The van der Waals surface area contributed by atoms with Gasteiger partial charge in [0.15, 0.2) is 5.69 Å². The van der Waals surface area contributed by atoms with Crippen molar-refractivity contribution in [3.8, 4) is 0 Å². The summed E-state index contributed by atoms with van der Waals surface area (Å²) < 4.78 is 4.77. The zero-order valence-corrected chi connectivity index (χ0v) is 12.2. The Morgan fingerprint density at radius 2 is 2.28 bits per heavy atom. The van der Waals surface area contributed by atoms with Gasteiger partial charge < -0.3 is 4.74 Å². The first-order valence-electron chi connectivity index (χ1n) is 6.71. The van der Waals surface area contributed by atoms with Crippen molar-refractivity contribution in [2.24, 2.45) is 5.92 Å². The topological polar surface area (TPSA) is 39.2 Å². The first-order valence-corrected chi connectivity index (χ1v) is 7.53. The molecule has 1 aromatic heterocycles. The number of hydrogen-bond acceptors (Lipinski definition) is 4. The average Bonchev–Trinajstić information content (AvgIpc) is 2.80. The number of aryl methyl sites for hydroxylation is 1. The normalized spacial score (nSPS) is 23.9. The number of esters is 1. The summed E-state index contributed by atoms with van der Waals surface area (Å²) in [6.07, 6.45) is 6.33. The first kappa shape index (κ1) is 13.5. The summed E-state index contributed by atoms with van der Waals surface area (Å²) in [4.78, 5) is 17.1. The number of carbonyl (C=O) groups is 1. The molecule has 0 N–H and O–H groups in total. The lowest BCUT2D eigenvalue weighted by molar-refractivity contribution is 0.0594. The Labute approximate surface area is 113 Å². The van der Waals surface area contributed by atoms with Gasteiger partial charge in [0, 0.05) is 10.8 Å². The predicted octanol–water partition coefficient (Wildman–Crippen LogP) is 3.92. The molecule has 3 nitrogen and oxygen atoms in total. The van der Waals surface area contributed by atoms with Crippen molar-refractivity contribution in [3.63, 3.8) is 0 Å². The number of hydrogen-bond donors (Lipinski definition) is 0. The lowest BCUT2D eigenvalue weighted by Crippen LogP contribution is -2.13.